The number of aromatic nitrogens is 1. The quantitative estimate of drug-likeness (QED) is 0.305. The maximum absolute atomic E-state index is 4.86. The summed E-state index contributed by atoms with van der Waals surface area (Å²) in [7, 11) is 0. The van der Waals surface area contributed by atoms with E-state index in [0.717, 1.165) is 24.7 Å². The number of hydrogen-bond acceptors (Lipinski definition) is 3. The van der Waals surface area contributed by atoms with E-state index in [4.69, 9.17) is 4.52 Å². The smallest absolute Gasteiger partial charge is 0.191 e. The fraction of sp³-hybridized carbons (Fsp3) is 0.238. The molecule has 2 aromatic carbocycles. The van der Waals surface area contributed by atoms with Gasteiger partial charge in [0, 0.05) is 25.1 Å². The third kappa shape index (κ3) is 6.39. The van der Waals surface area contributed by atoms with Gasteiger partial charge in [0.2, 0.25) is 0 Å². The van der Waals surface area contributed by atoms with Crippen LogP contribution < -0.4 is 10.6 Å². The number of aliphatic imine (C=N–C) groups is 1. The molecule has 0 amide bonds. The highest BCUT2D eigenvalue weighted by Crippen LogP contribution is 2.23. The molecule has 142 valence electrons. The van der Waals surface area contributed by atoms with Gasteiger partial charge in [0.15, 0.2) is 5.96 Å². The molecule has 0 aliphatic rings. The summed E-state index contributed by atoms with van der Waals surface area (Å²) in [5, 5.41) is 10.6. The van der Waals surface area contributed by atoms with Crippen LogP contribution in [0, 0.1) is 0 Å². The van der Waals surface area contributed by atoms with E-state index in [2.05, 4.69) is 76.2 Å². The van der Waals surface area contributed by atoms with Crippen LogP contribution in [-0.4, -0.2) is 24.2 Å². The summed E-state index contributed by atoms with van der Waals surface area (Å²) in [5.41, 5.74) is 3.36. The topological polar surface area (TPSA) is 62.5 Å². The van der Waals surface area contributed by atoms with E-state index >= 15 is 0 Å². The predicted molar refractivity (Wildman–Crippen MR) is 119 cm³/mol. The highest BCUT2D eigenvalue weighted by molar-refractivity contribution is 14.0. The fourth-order valence-electron chi connectivity index (χ4n) is 2.82. The van der Waals surface area contributed by atoms with E-state index in [0.29, 0.717) is 6.54 Å². The second-order valence-corrected chi connectivity index (χ2v) is 5.94. The molecule has 27 heavy (non-hydrogen) atoms. The molecule has 0 spiro atoms. The summed E-state index contributed by atoms with van der Waals surface area (Å²) in [6.07, 6.45) is 1.56. The summed E-state index contributed by atoms with van der Waals surface area (Å²) in [5.74, 6) is 1.01. The molecule has 0 fully saturated rings. The van der Waals surface area contributed by atoms with Gasteiger partial charge in [0.1, 0.15) is 12.0 Å². The Morgan fingerprint density at radius 1 is 0.963 bits per heavy atom. The van der Waals surface area contributed by atoms with E-state index in [1.807, 2.05) is 18.2 Å². The second kappa shape index (κ2) is 11.4. The van der Waals surface area contributed by atoms with Crippen LogP contribution in [0.25, 0.3) is 0 Å². The molecule has 1 heterocycles. The van der Waals surface area contributed by atoms with Gasteiger partial charge < -0.3 is 15.2 Å². The lowest BCUT2D eigenvalue weighted by molar-refractivity contribution is 0.412. The van der Waals surface area contributed by atoms with Crippen molar-refractivity contribution >= 4 is 29.9 Å². The van der Waals surface area contributed by atoms with E-state index < -0.39 is 0 Å². The standard InChI is InChI=1S/C21H24N4O.HI/c1-2-22-21(23-15-19-13-14-26-25-19)24-16-20(17-9-5-3-6-10-17)18-11-7-4-8-12-18;/h3-14,20H,2,15-16H2,1H3,(H2,22,23,24);1H. The zero-order valence-electron chi connectivity index (χ0n) is 15.3. The minimum Gasteiger partial charge on any atom is -0.364 e. The Labute approximate surface area is 177 Å². The summed E-state index contributed by atoms with van der Waals surface area (Å²) in [6, 6.07) is 22.9. The van der Waals surface area contributed by atoms with E-state index in [9.17, 15) is 0 Å². The minimum atomic E-state index is 0. The largest absolute Gasteiger partial charge is 0.364 e. The van der Waals surface area contributed by atoms with Gasteiger partial charge >= 0.3 is 0 Å². The number of nitrogens with one attached hydrogen (secondary N) is 2. The zero-order valence-corrected chi connectivity index (χ0v) is 17.7. The van der Waals surface area contributed by atoms with Crippen LogP contribution in [0.3, 0.4) is 0 Å². The molecule has 3 rings (SSSR count). The van der Waals surface area contributed by atoms with Crippen LogP contribution in [-0.2, 0) is 6.54 Å². The number of hydrogen-bond donors (Lipinski definition) is 2. The van der Waals surface area contributed by atoms with Gasteiger partial charge in [-0.15, -0.1) is 24.0 Å². The van der Waals surface area contributed by atoms with Gasteiger partial charge in [-0.25, -0.2) is 4.99 Å². The van der Waals surface area contributed by atoms with Crippen molar-refractivity contribution < 1.29 is 4.52 Å². The molecular weight excluding hydrogens is 451 g/mol. The van der Waals surface area contributed by atoms with Gasteiger partial charge in [-0.2, -0.15) is 0 Å². The molecule has 0 bridgehead atoms. The van der Waals surface area contributed by atoms with Gasteiger partial charge in [-0.05, 0) is 18.1 Å². The van der Waals surface area contributed by atoms with Gasteiger partial charge in [-0.1, -0.05) is 65.8 Å². The molecule has 0 saturated heterocycles. The van der Waals surface area contributed by atoms with E-state index in [-0.39, 0.29) is 29.9 Å². The average molecular weight is 476 g/mol. The molecule has 0 atom stereocenters. The number of rotatable bonds is 7. The Morgan fingerprint density at radius 3 is 2.11 bits per heavy atom. The first-order valence-corrected chi connectivity index (χ1v) is 8.88. The summed E-state index contributed by atoms with van der Waals surface area (Å²) in [6.45, 7) is 4.08. The van der Waals surface area contributed by atoms with E-state index in [1.165, 1.54) is 11.1 Å². The number of halogens is 1. The SMILES string of the molecule is CCNC(=NCc1ccon1)NCC(c1ccccc1)c1ccccc1.I. The van der Waals surface area contributed by atoms with E-state index in [1.54, 1.807) is 6.26 Å². The Morgan fingerprint density at radius 2 is 1.59 bits per heavy atom. The molecular formula is C21H25IN4O. The summed E-state index contributed by atoms with van der Waals surface area (Å²) < 4.78 is 4.86. The van der Waals surface area contributed by atoms with Crippen molar-refractivity contribution in [2.45, 2.75) is 19.4 Å². The first kappa shape index (κ1) is 21.0. The Bertz CT molecular complexity index is 752. The summed E-state index contributed by atoms with van der Waals surface area (Å²) >= 11 is 0. The maximum atomic E-state index is 4.86. The van der Waals surface area contributed by atoms with Crippen LogP contribution in [0.4, 0.5) is 0 Å². The number of guanidine groups is 1. The molecule has 0 saturated carbocycles. The lowest BCUT2D eigenvalue weighted by Crippen LogP contribution is -2.39. The van der Waals surface area contributed by atoms with Crippen molar-refractivity contribution in [1.82, 2.24) is 15.8 Å². The Hall–Kier alpha value is -2.35. The molecule has 0 aliphatic heterocycles. The second-order valence-electron chi connectivity index (χ2n) is 5.94. The molecule has 0 radical (unpaired) electrons. The Kier molecular flexibility index (Phi) is 8.83. The van der Waals surface area contributed by atoms with Crippen LogP contribution in [0.5, 0.6) is 0 Å². The first-order valence-electron chi connectivity index (χ1n) is 8.88. The highest BCUT2D eigenvalue weighted by Gasteiger charge is 2.14. The molecule has 0 aliphatic carbocycles. The molecule has 3 aromatic rings. The zero-order chi connectivity index (χ0) is 18.0. The van der Waals surface area contributed by atoms with Gasteiger partial charge in [-0.3, -0.25) is 0 Å². The first-order chi connectivity index (χ1) is 12.9. The number of benzene rings is 2. The van der Waals surface area contributed by atoms with Crippen LogP contribution in [0.15, 0.2) is 82.5 Å². The monoisotopic (exact) mass is 476 g/mol. The lowest BCUT2D eigenvalue weighted by atomic mass is 9.91. The van der Waals surface area contributed by atoms with Crippen LogP contribution >= 0.6 is 24.0 Å². The normalized spacial score (nSPS) is 11.1. The minimum absolute atomic E-state index is 0. The van der Waals surface area contributed by atoms with Crippen molar-refractivity contribution in [3.05, 3.63) is 89.8 Å². The van der Waals surface area contributed by atoms with Crippen LogP contribution in [0.1, 0.15) is 29.7 Å². The average Bonchev–Trinajstić information content (AvgIpc) is 3.21. The fourth-order valence-corrected chi connectivity index (χ4v) is 2.82. The van der Waals surface area contributed by atoms with Gasteiger partial charge in [0.25, 0.3) is 0 Å². The van der Waals surface area contributed by atoms with Crippen molar-refractivity contribution in [2.24, 2.45) is 4.99 Å². The highest BCUT2D eigenvalue weighted by atomic mass is 127. The Balaban J connectivity index is 0.00000261. The molecule has 5 nitrogen and oxygen atoms in total. The van der Waals surface area contributed by atoms with Crippen molar-refractivity contribution in [2.75, 3.05) is 13.1 Å². The van der Waals surface area contributed by atoms with Crippen molar-refractivity contribution in [1.29, 1.82) is 0 Å². The van der Waals surface area contributed by atoms with Crippen LogP contribution in [0.2, 0.25) is 0 Å². The molecule has 0 unspecified atom stereocenters. The molecule has 2 N–H and O–H groups in total. The van der Waals surface area contributed by atoms with Crippen molar-refractivity contribution in [3.8, 4) is 0 Å². The molecule has 6 heteroatoms. The summed E-state index contributed by atoms with van der Waals surface area (Å²) in [4.78, 5) is 4.59. The van der Waals surface area contributed by atoms with Gasteiger partial charge in [0.05, 0.1) is 6.54 Å². The lowest BCUT2D eigenvalue weighted by Gasteiger charge is -2.20. The molecule has 1 aromatic heterocycles. The third-order valence-corrected chi connectivity index (χ3v) is 4.11. The number of nitrogens with zero attached hydrogens (tertiary/aromatic N) is 2. The predicted octanol–water partition coefficient (Wildman–Crippen LogP) is 4.18. The maximum Gasteiger partial charge on any atom is 0.191 e. The van der Waals surface area contributed by atoms with Crippen molar-refractivity contribution in [3.63, 3.8) is 0 Å². The third-order valence-electron chi connectivity index (χ3n) is 4.11.